The Labute approximate surface area is 112 Å². The third-order valence-corrected chi connectivity index (χ3v) is 3.10. The van der Waals surface area contributed by atoms with Crippen LogP contribution in [0.3, 0.4) is 0 Å². The third-order valence-electron chi connectivity index (χ3n) is 3.10. The lowest BCUT2D eigenvalue weighted by molar-refractivity contribution is -0.137. The Morgan fingerprint density at radius 2 is 2.00 bits per heavy atom. The van der Waals surface area contributed by atoms with Crippen LogP contribution in [0.2, 0.25) is 0 Å². The van der Waals surface area contributed by atoms with E-state index < -0.39 is 12.0 Å². The predicted molar refractivity (Wildman–Crippen MR) is 70.3 cm³/mol. The molecular formula is C13H19N3O3. The minimum absolute atomic E-state index is 0.107. The minimum atomic E-state index is -0.951. The number of carboxylic acid groups (broad SMARTS) is 1. The van der Waals surface area contributed by atoms with Crippen LogP contribution in [0.5, 0.6) is 0 Å². The summed E-state index contributed by atoms with van der Waals surface area (Å²) in [5.74, 6) is -1.21. The molecule has 19 heavy (non-hydrogen) atoms. The summed E-state index contributed by atoms with van der Waals surface area (Å²) in [6.07, 6.45) is 3.36. The molecule has 1 rings (SSSR count). The zero-order chi connectivity index (χ0) is 14.4. The van der Waals surface area contributed by atoms with Crippen LogP contribution in [0, 0.1) is 0 Å². The lowest BCUT2D eigenvalue weighted by Crippen LogP contribution is -2.43. The van der Waals surface area contributed by atoms with E-state index in [4.69, 9.17) is 10.8 Å². The van der Waals surface area contributed by atoms with Gasteiger partial charge in [-0.15, -0.1) is 0 Å². The van der Waals surface area contributed by atoms with Crippen molar-refractivity contribution in [2.24, 2.45) is 5.73 Å². The predicted octanol–water partition coefficient (Wildman–Crippen LogP) is 0.793. The number of amides is 1. The minimum Gasteiger partial charge on any atom is -0.481 e. The fraction of sp³-hybridized carbons (Fsp3) is 0.462. The number of hydrogen-bond donors (Lipinski definition) is 2. The average molecular weight is 265 g/mol. The van der Waals surface area contributed by atoms with Gasteiger partial charge < -0.3 is 15.7 Å². The van der Waals surface area contributed by atoms with Gasteiger partial charge in [0.05, 0.1) is 12.1 Å². The van der Waals surface area contributed by atoms with Gasteiger partial charge in [-0.05, 0) is 31.0 Å². The highest BCUT2D eigenvalue weighted by Gasteiger charge is 2.23. The van der Waals surface area contributed by atoms with Gasteiger partial charge in [0.2, 0.25) is 5.91 Å². The molecule has 0 aliphatic carbocycles. The Hall–Kier alpha value is -1.95. The molecule has 1 heterocycles. The van der Waals surface area contributed by atoms with Crippen LogP contribution in [0.1, 0.15) is 31.4 Å². The maximum absolute atomic E-state index is 12.1. The molecule has 0 spiro atoms. The third kappa shape index (κ3) is 4.33. The fourth-order valence-corrected chi connectivity index (χ4v) is 1.72. The number of pyridine rings is 1. The first-order valence-corrected chi connectivity index (χ1v) is 6.07. The molecule has 1 aromatic rings. The van der Waals surface area contributed by atoms with Crippen molar-refractivity contribution in [3.8, 4) is 0 Å². The van der Waals surface area contributed by atoms with Crippen molar-refractivity contribution in [1.82, 2.24) is 9.88 Å². The first kappa shape index (κ1) is 15.1. The molecule has 0 saturated heterocycles. The van der Waals surface area contributed by atoms with E-state index in [-0.39, 0.29) is 24.8 Å². The van der Waals surface area contributed by atoms with Gasteiger partial charge in [0.15, 0.2) is 0 Å². The van der Waals surface area contributed by atoms with E-state index in [1.807, 2.05) is 19.1 Å². The number of carbonyl (C=O) groups is 2. The summed E-state index contributed by atoms with van der Waals surface area (Å²) >= 11 is 0. The van der Waals surface area contributed by atoms with E-state index in [0.717, 1.165) is 5.56 Å². The maximum atomic E-state index is 12.1. The van der Waals surface area contributed by atoms with Gasteiger partial charge in [-0.2, -0.15) is 0 Å². The lowest BCUT2D eigenvalue weighted by atomic mass is 10.1. The highest BCUT2D eigenvalue weighted by molar-refractivity contribution is 5.82. The first-order chi connectivity index (χ1) is 8.93. The van der Waals surface area contributed by atoms with Crippen LogP contribution in [0.4, 0.5) is 0 Å². The zero-order valence-corrected chi connectivity index (χ0v) is 11.1. The Balaban J connectivity index is 2.63. The van der Waals surface area contributed by atoms with Crippen molar-refractivity contribution < 1.29 is 14.7 Å². The van der Waals surface area contributed by atoms with Gasteiger partial charge in [0, 0.05) is 25.9 Å². The van der Waals surface area contributed by atoms with Crippen LogP contribution >= 0.6 is 0 Å². The number of likely N-dealkylation sites (N-methyl/N-ethyl adjacent to an activating group) is 1. The first-order valence-electron chi connectivity index (χ1n) is 6.07. The van der Waals surface area contributed by atoms with Gasteiger partial charge in [0.1, 0.15) is 0 Å². The Kier molecular flexibility index (Phi) is 5.44. The standard InChI is InChI=1S/C13H19N3O3/c1-9(10-5-7-15-8-6-10)16(2)13(19)11(14)3-4-12(17)18/h5-9,11H,3-4,14H2,1-2H3,(H,17,18). The number of nitrogens with two attached hydrogens (primary N) is 1. The number of rotatable bonds is 6. The van der Waals surface area contributed by atoms with Crippen molar-refractivity contribution >= 4 is 11.9 Å². The number of aromatic nitrogens is 1. The molecule has 3 N–H and O–H groups in total. The topological polar surface area (TPSA) is 96.5 Å². The van der Waals surface area contributed by atoms with Crippen molar-refractivity contribution in [3.05, 3.63) is 30.1 Å². The summed E-state index contributed by atoms with van der Waals surface area (Å²) in [6.45, 7) is 1.89. The summed E-state index contributed by atoms with van der Waals surface area (Å²) in [6, 6.07) is 2.74. The Morgan fingerprint density at radius 1 is 1.42 bits per heavy atom. The van der Waals surface area contributed by atoms with Crippen LogP contribution in [0.15, 0.2) is 24.5 Å². The van der Waals surface area contributed by atoms with Crippen molar-refractivity contribution in [1.29, 1.82) is 0 Å². The van der Waals surface area contributed by atoms with E-state index in [0.29, 0.717) is 0 Å². The molecule has 1 aromatic heterocycles. The fourth-order valence-electron chi connectivity index (χ4n) is 1.72. The number of nitrogens with zero attached hydrogens (tertiary/aromatic N) is 2. The molecule has 0 fully saturated rings. The number of carbonyl (C=O) groups excluding carboxylic acids is 1. The summed E-state index contributed by atoms with van der Waals surface area (Å²) in [4.78, 5) is 28.0. The molecule has 2 atom stereocenters. The molecule has 6 heteroatoms. The van der Waals surface area contributed by atoms with Crippen molar-refractivity contribution in [3.63, 3.8) is 0 Å². The monoisotopic (exact) mass is 265 g/mol. The summed E-state index contributed by atoms with van der Waals surface area (Å²) in [7, 11) is 1.66. The van der Waals surface area contributed by atoms with E-state index in [1.54, 1.807) is 19.4 Å². The molecule has 0 radical (unpaired) electrons. The molecule has 0 aliphatic rings. The van der Waals surface area contributed by atoms with Crippen LogP contribution in [-0.2, 0) is 9.59 Å². The second-order valence-electron chi connectivity index (χ2n) is 4.44. The quantitative estimate of drug-likeness (QED) is 0.792. The molecule has 0 bridgehead atoms. The largest absolute Gasteiger partial charge is 0.481 e. The molecule has 104 valence electrons. The number of aliphatic carboxylic acids is 1. The molecule has 0 aromatic carbocycles. The van der Waals surface area contributed by atoms with Crippen molar-refractivity contribution in [2.45, 2.75) is 31.8 Å². The highest BCUT2D eigenvalue weighted by atomic mass is 16.4. The van der Waals surface area contributed by atoms with E-state index >= 15 is 0 Å². The molecule has 2 unspecified atom stereocenters. The summed E-state index contributed by atoms with van der Waals surface area (Å²) in [5, 5.41) is 8.58. The lowest BCUT2D eigenvalue weighted by Gasteiger charge is -2.27. The highest BCUT2D eigenvalue weighted by Crippen LogP contribution is 2.18. The maximum Gasteiger partial charge on any atom is 0.303 e. The van der Waals surface area contributed by atoms with E-state index in [9.17, 15) is 9.59 Å². The number of carboxylic acids is 1. The van der Waals surface area contributed by atoms with Crippen LogP contribution < -0.4 is 5.73 Å². The molecule has 0 aliphatic heterocycles. The van der Waals surface area contributed by atoms with E-state index in [2.05, 4.69) is 4.98 Å². The molecular weight excluding hydrogens is 246 g/mol. The SMILES string of the molecule is CC(c1ccncc1)N(C)C(=O)C(N)CCC(=O)O. The Morgan fingerprint density at radius 3 is 2.53 bits per heavy atom. The van der Waals surface area contributed by atoms with Gasteiger partial charge >= 0.3 is 5.97 Å². The summed E-state index contributed by atoms with van der Waals surface area (Å²) < 4.78 is 0. The second-order valence-corrected chi connectivity index (χ2v) is 4.44. The zero-order valence-electron chi connectivity index (χ0n) is 11.1. The molecule has 6 nitrogen and oxygen atoms in total. The molecule has 1 amide bonds. The Bertz CT molecular complexity index is 436. The van der Waals surface area contributed by atoms with Crippen LogP contribution in [-0.4, -0.2) is 40.0 Å². The van der Waals surface area contributed by atoms with E-state index in [1.165, 1.54) is 4.90 Å². The van der Waals surface area contributed by atoms with Gasteiger partial charge in [-0.1, -0.05) is 0 Å². The van der Waals surface area contributed by atoms with Gasteiger partial charge in [0.25, 0.3) is 0 Å². The summed E-state index contributed by atoms with van der Waals surface area (Å²) in [5.41, 5.74) is 6.67. The average Bonchev–Trinajstić information content (AvgIpc) is 2.43. The van der Waals surface area contributed by atoms with Crippen molar-refractivity contribution in [2.75, 3.05) is 7.05 Å². The van der Waals surface area contributed by atoms with Gasteiger partial charge in [-0.3, -0.25) is 14.6 Å². The van der Waals surface area contributed by atoms with Gasteiger partial charge in [-0.25, -0.2) is 0 Å². The van der Waals surface area contributed by atoms with Crippen LogP contribution in [0.25, 0.3) is 0 Å². The molecule has 0 saturated carbocycles. The normalized spacial score (nSPS) is 13.6. The second kappa shape index (κ2) is 6.84. The smallest absolute Gasteiger partial charge is 0.303 e. The number of hydrogen-bond acceptors (Lipinski definition) is 4.